The monoisotopic (exact) mass is 543 g/mol. The second kappa shape index (κ2) is 9.45. The van der Waals surface area contributed by atoms with E-state index >= 15 is 0 Å². The van der Waals surface area contributed by atoms with Crippen molar-refractivity contribution in [1.29, 1.82) is 0 Å². The van der Waals surface area contributed by atoms with E-state index in [1.54, 1.807) is 0 Å². The molecule has 2 N–H and O–H groups in total. The minimum Gasteiger partial charge on any atom is -0.326 e. The van der Waals surface area contributed by atoms with Crippen LogP contribution in [-0.2, 0) is 6.54 Å². The summed E-state index contributed by atoms with van der Waals surface area (Å²) in [5.41, 5.74) is 14.0. The number of fused-ring (bicyclic) bond motifs is 1. The first-order valence-electron chi connectivity index (χ1n) is 14.0. The molecule has 0 aliphatic rings. The van der Waals surface area contributed by atoms with Crippen molar-refractivity contribution in [1.82, 2.24) is 0 Å². The van der Waals surface area contributed by atoms with Crippen LogP contribution >= 0.6 is 11.6 Å². The number of halogens is 1. The smallest absolute Gasteiger partial charge is 0.0418 e. The van der Waals surface area contributed by atoms with Crippen LogP contribution in [0.3, 0.4) is 0 Å². The first-order valence-corrected chi connectivity index (χ1v) is 14.3. The quantitative estimate of drug-likeness (QED) is 0.219. The molecule has 0 amide bonds. The molecule has 1 nitrogen and oxygen atoms in total. The molecule has 41 heavy (non-hydrogen) atoms. The van der Waals surface area contributed by atoms with Gasteiger partial charge in [-0.3, -0.25) is 0 Å². The maximum atomic E-state index is 6.77. The molecule has 0 saturated carbocycles. The molecule has 0 radical (unpaired) electrons. The van der Waals surface area contributed by atoms with Gasteiger partial charge in [0, 0.05) is 11.6 Å². The van der Waals surface area contributed by atoms with Crippen LogP contribution in [0.5, 0.6) is 0 Å². The van der Waals surface area contributed by atoms with E-state index in [-0.39, 0.29) is 0 Å². The SMILES string of the molecule is NCc1ccc(-c2ccc3ccc4c(-c5cc(Cl)cc(-c6ccc7ccccc7c6)c5)ccc5ccc2c3c54)cc1. The van der Waals surface area contributed by atoms with Gasteiger partial charge in [-0.1, -0.05) is 121 Å². The molecule has 8 aromatic rings. The number of rotatable bonds is 4. The summed E-state index contributed by atoms with van der Waals surface area (Å²) in [6.45, 7) is 0.549. The van der Waals surface area contributed by atoms with Gasteiger partial charge in [0.15, 0.2) is 0 Å². The number of nitrogens with two attached hydrogens (primary N) is 1. The minimum absolute atomic E-state index is 0.549. The first kappa shape index (κ1) is 24.1. The Bertz CT molecular complexity index is 2240. The summed E-state index contributed by atoms with van der Waals surface area (Å²) in [4.78, 5) is 0. The van der Waals surface area contributed by atoms with Crippen LogP contribution in [0.1, 0.15) is 5.56 Å². The summed E-state index contributed by atoms with van der Waals surface area (Å²) in [5, 5.41) is 10.8. The molecule has 0 spiro atoms. The lowest BCUT2D eigenvalue weighted by atomic mass is 9.87. The van der Waals surface area contributed by atoms with Crippen molar-refractivity contribution in [3.05, 3.63) is 144 Å². The fourth-order valence-electron chi connectivity index (χ4n) is 6.41. The molecular weight excluding hydrogens is 518 g/mol. The Morgan fingerprint density at radius 2 is 1.00 bits per heavy atom. The van der Waals surface area contributed by atoms with E-state index in [0.717, 1.165) is 27.3 Å². The molecule has 0 aromatic heterocycles. The lowest BCUT2D eigenvalue weighted by molar-refractivity contribution is 1.07. The van der Waals surface area contributed by atoms with Crippen LogP contribution in [0.25, 0.3) is 76.5 Å². The van der Waals surface area contributed by atoms with Gasteiger partial charge in [0.25, 0.3) is 0 Å². The maximum Gasteiger partial charge on any atom is 0.0418 e. The van der Waals surface area contributed by atoms with Crippen molar-refractivity contribution >= 4 is 54.7 Å². The zero-order chi connectivity index (χ0) is 27.5. The highest BCUT2D eigenvalue weighted by Crippen LogP contribution is 2.43. The van der Waals surface area contributed by atoms with E-state index in [2.05, 4.69) is 133 Å². The van der Waals surface area contributed by atoms with E-state index in [9.17, 15) is 0 Å². The summed E-state index contributed by atoms with van der Waals surface area (Å²) < 4.78 is 0. The maximum absolute atomic E-state index is 6.77. The van der Waals surface area contributed by atoms with Gasteiger partial charge < -0.3 is 5.73 Å². The van der Waals surface area contributed by atoms with Crippen LogP contribution in [0.4, 0.5) is 0 Å². The molecular formula is C39H26ClN. The van der Waals surface area contributed by atoms with Crippen molar-refractivity contribution in [2.24, 2.45) is 5.73 Å². The summed E-state index contributed by atoms with van der Waals surface area (Å²) in [7, 11) is 0. The molecule has 2 heteroatoms. The molecule has 0 fully saturated rings. The van der Waals surface area contributed by atoms with E-state index in [1.807, 2.05) is 0 Å². The highest BCUT2D eigenvalue weighted by molar-refractivity contribution is 6.31. The van der Waals surface area contributed by atoms with E-state index in [4.69, 9.17) is 17.3 Å². The molecule has 0 heterocycles. The second-order valence-electron chi connectivity index (χ2n) is 10.8. The van der Waals surface area contributed by atoms with Gasteiger partial charge in [0.1, 0.15) is 0 Å². The first-order chi connectivity index (χ1) is 20.2. The van der Waals surface area contributed by atoms with Gasteiger partial charge >= 0.3 is 0 Å². The lowest BCUT2D eigenvalue weighted by Gasteiger charge is -2.17. The highest BCUT2D eigenvalue weighted by atomic mass is 35.5. The van der Waals surface area contributed by atoms with Gasteiger partial charge in [-0.15, -0.1) is 0 Å². The zero-order valence-corrected chi connectivity index (χ0v) is 23.1. The van der Waals surface area contributed by atoms with Gasteiger partial charge in [0.05, 0.1) is 0 Å². The summed E-state index contributed by atoms with van der Waals surface area (Å²) >= 11 is 6.77. The van der Waals surface area contributed by atoms with Gasteiger partial charge in [-0.2, -0.15) is 0 Å². The Morgan fingerprint density at radius 3 is 1.68 bits per heavy atom. The Labute approximate surface area is 243 Å². The standard InChI is InChI=1S/C39H26ClN/c40-33-21-31(30-10-9-25-3-1-2-4-29(25)19-30)20-32(22-33)35-16-12-28-13-17-36-34(26-7-5-24(23-41)6-8-26)15-11-27-14-18-37(35)39(28)38(27)36/h1-22H,23,41H2. The molecule has 0 aliphatic carbocycles. The number of hydrogen-bond acceptors (Lipinski definition) is 1. The molecule has 0 saturated heterocycles. The van der Waals surface area contributed by atoms with Crippen LogP contribution in [-0.4, -0.2) is 0 Å². The lowest BCUT2D eigenvalue weighted by Crippen LogP contribution is -1.95. The molecule has 8 aromatic carbocycles. The van der Waals surface area contributed by atoms with Crippen LogP contribution in [0.15, 0.2) is 133 Å². The van der Waals surface area contributed by atoms with Gasteiger partial charge in [0.2, 0.25) is 0 Å². The Morgan fingerprint density at radius 1 is 0.439 bits per heavy atom. The molecule has 8 rings (SSSR count). The molecule has 0 unspecified atom stereocenters. The third kappa shape index (κ3) is 3.97. The summed E-state index contributed by atoms with van der Waals surface area (Å²) in [6.07, 6.45) is 0. The largest absolute Gasteiger partial charge is 0.326 e. The topological polar surface area (TPSA) is 26.0 Å². The van der Waals surface area contributed by atoms with E-state index in [1.165, 1.54) is 59.8 Å². The predicted molar refractivity (Wildman–Crippen MR) is 177 cm³/mol. The molecule has 0 aliphatic heterocycles. The molecule has 0 atom stereocenters. The highest BCUT2D eigenvalue weighted by Gasteiger charge is 2.16. The van der Waals surface area contributed by atoms with Gasteiger partial charge in [-0.25, -0.2) is 0 Å². The Balaban J connectivity index is 1.34. The van der Waals surface area contributed by atoms with Crippen molar-refractivity contribution in [3.63, 3.8) is 0 Å². The normalized spacial score (nSPS) is 11.8. The fraction of sp³-hybridized carbons (Fsp3) is 0.0256. The van der Waals surface area contributed by atoms with Crippen molar-refractivity contribution in [2.75, 3.05) is 0 Å². The average molecular weight is 544 g/mol. The Kier molecular flexibility index (Phi) is 5.56. The molecule has 194 valence electrons. The summed E-state index contributed by atoms with van der Waals surface area (Å²) in [5.74, 6) is 0. The van der Waals surface area contributed by atoms with E-state index < -0.39 is 0 Å². The van der Waals surface area contributed by atoms with Crippen molar-refractivity contribution < 1.29 is 0 Å². The van der Waals surface area contributed by atoms with Crippen molar-refractivity contribution in [2.45, 2.75) is 6.54 Å². The fourth-order valence-corrected chi connectivity index (χ4v) is 6.64. The zero-order valence-electron chi connectivity index (χ0n) is 22.4. The van der Waals surface area contributed by atoms with E-state index in [0.29, 0.717) is 6.54 Å². The third-order valence-corrected chi connectivity index (χ3v) is 8.68. The second-order valence-corrected chi connectivity index (χ2v) is 11.3. The van der Waals surface area contributed by atoms with Crippen LogP contribution < -0.4 is 5.73 Å². The Hall–Kier alpha value is -4.69. The molecule has 0 bridgehead atoms. The number of benzene rings is 8. The average Bonchev–Trinajstić information content (AvgIpc) is 3.03. The summed E-state index contributed by atoms with van der Waals surface area (Å²) in [6, 6.07) is 48.1. The van der Waals surface area contributed by atoms with Crippen LogP contribution in [0.2, 0.25) is 5.02 Å². The number of hydrogen-bond donors (Lipinski definition) is 1. The van der Waals surface area contributed by atoms with Crippen molar-refractivity contribution in [3.8, 4) is 33.4 Å². The minimum atomic E-state index is 0.549. The van der Waals surface area contributed by atoms with Gasteiger partial charge in [-0.05, 0) is 106 Å². The van der Waals surface area contributed by atoms with Crippen LogP contribution in [0, 0.1) is 0 Å². The predicted octanol–water partition coefficient (Wildman–Crippen LogP) is 10.9. The third-order valence-electron chi connectivity index (χ3n) is 8.46.